The van der Waals surface area contributed by atoms with Crippen LogP contribution >= 0.6 is 0 Å². The molecule has 1 fully saturated rings. The molecule has 0 spiro atoms. The molecule has 1 aliphatic rings. The van der Waals surface area contributed by atoms with Crippen LogP contribution in [0.2, 0.25) is 0 Å². The normalized spacial score (nSPS) is 16.1. The molecule has 0 bridgehead atoms. The van der Waals surface area contributed by atoms with Gasteiger partial charge in [0.25, 0.3) is 0 Å². The number of fused-ring (bicyclic) bond motifs is 1. The number of ether oxygens (including phenoxy) is 1. The van der Waals surface area contributed by atoms with Crippen LogP contribution in [0.4, 0.5) is 18.9 Å². The first kappa shape index (κ1) is 14.9. The Morgan fingerprint density at radius 1 is 1.18 bits per heavy atom. The Hall–Kier alpha value is -2.02. The van der Waals surface area contributed by atoms with Crippen LogP contribution in [0.3, 0.4) is 0 Å². The van der Waals surface area contributed by atoms with Crippen molar-refractivity contribution in [3.63, 3.8) is 0 Å². The number of piperazine rings is 1. The van der Waals surface area contributed by atoms with E-state index >= 15 is 0 Å². The Morgan fingerprint density at radius 2 is 1.91 bits per heavy atom. The molecule has 2 heterocycles. The van der Waals surface area contributed by atoms with Gasteiger partial charge in [-0.25, -0.2) is 4.98 Å². The molecule has 7 heteroatoms. The molecule has 1 aromatic carbocycles. The van der Waals surface area contributed by atoms with E-state index in [1.54, 1.807) is 12.1 Å². The summed E-state index contributed by atoms with van der Waals surface area (Å²) in [7, 11) is 1.48. The first-order valence-electron chi connectivity index (χ1n) is 7.01. The summed E-state index contributed by atoms with van der Waals surface area (Å²) in [5, 5.41) is 3.90. The van der Waals surface area contributed by atoms with E-state index in [0.29, 0.717) is 35.4 Å². The lowest BCUT2D eigenvalue weighted by Crippen LogP contribution is -2.43. The molecule has 0 aliphatic carbocycles. The van der Waals surface area contributed by atoms with Crippen LogP contribution in [0.15, 0.2) is 24.3 Å². The first-order valence-corrected chi connectivity index (χ1v) is 7.01. The van der Waals surface area contributed by atoms with Gasteiger partial charge < -0.3 is 15.0 Å². The number of hydrogen-bond acceptors (Lipinski definition) is 4. The number of nitrogens with one attached hydrogen (secondary N) is 1. The second-order valence-corrected chi connectivity index (χ2v) is 5.14. The third kappa shape index (κ3) is 2.81. The Labute approximate surface area is 125 Å². The minimum absolute atomic E-state index is 0.294. The van der Waals surface area contributed by atoms with E-state index in [9.17, 15) is 13.2 Å². The van der Waals surface area contributed by atoms with E-state index in [1.807, 2.05) is 4.90 Å². The average molecular weight is 311 g/mol. The van der Waals surface area contributed by atoms with Crippen LogP contribution in [0.25, 0.3) is 10.9 Å². The Balaban J connectivity index is 2.18. The smallest absolute Gasteiger partial charge is 0.433 e. The molecule has 0 atom stereocenters. The predicted molar refractivity (Wildman–Crippen MR) is 78.4 cm³/mol. The van der Waals surface area contributed by atoms with Gasteiger partial charge in [0.2, 0.25) is 0 Å². The highest BCUT2D eigenvalue weighted by Gasteiger charge is 2.34. The van der Waals surface area contributed by atoms with Gasteiger partial charge in [-0.05, 0) is 18.2 Å². The van der Waals surface area contributed by atoms with E-state index in [1.165, 1.54) is 13.2 Å². The Morgan fingerprint density at radius 3 is 2.55 bits per heavy atom. The predicted octanol–water partition coefficient (Wildman–Crippen LogP) is 2.67. The van der Waals surface area contributed by atoms with Crippen LogP contribution in [0, 0.1) is 0 Å². The molecule has 1 aliphatic heterocycles. The molecule has 0 saturated carbocycles. The minimum atomic E-state index is -4.47. The quantitative estimate of drug-likeness (QED) is 0.925. The van der Waals surface area contributed by atoms with Gasteiger partial charge in [-0.2, -0.15) is 13.2 Å². The van der Waals surface area contributed by atoms with Crippen LogP contribution in [-0.4, -0.2) is 38.3 Å². The lowest BCUT2D eigenvalue weighted by Gasteiger charge is -2.30. The largest absolute Gasteiger partial charge is 0.497 e. The molecule has 0 radical (unpaired) electrons. The monoisotopic (exact) mass is 311 g/mol. The fourth-order valence-electron chi connectivity index (χ4n) is 2.63. The summed E-state index contributed by atoms with van der Waals surface area (Å²) in [6.45, 7) is 2.84. The van der Waals surface area contributed by atoms with Crippen LogP contribution in [0.1, 0.15) is 5.69 Å². The van der Waals surface area contributed by atoms with Gasteiger partial charge in [-0.3, -0.25) is 0 Å². The van der Waals surface area contributed by atoms with Gasteiger partial charge >= 0.3 is 6.18 Å². The number of halogens is 3. The minimum Gasteiger partial charge on any atom is -0.497 e. The summed E-state index contributed by atoms with van der Waals surface area (Å²) < 4.78 is 44.5. The van der Waals surface area contributed by atoms with Crippen molar-refractivity contribution >= 4 is 16.6 Å². The molecule has 1 N–H and O–H groups in total. The van der Waals surface area contributed by atoms with Gasteiger partial charge in [0.1, 0.15) is 11.4 Å². The molecule has 0 amide bonds. The summed E-state index contributed by atoms with van der Waals surface area (Å²) in [6.07, 6.45) is -4.47. The third-order valence-electron chi connectivity index (χ3n) is 3.74. The summed E-state index contributed by atoms with van der Waals surface area (Å²) in [4.78, 5) is 5.72. The van der Waals surface area contributed by atoms with Gasteiger partial charge in [-0.1, -0.05) is 0 Å². The number of rotatable bonds is 2. The maximum Gasteiger partial charge on any atom is 0.433 e. The van der Waals surface area contributed by atoms with Crippen LogP contribution in [0.5, 0.6) is 5.75 Å². The average Bonchev–Trinajstić information content (AvgIpc) is 2.53. The van der Waals surface area contributed by atoms with Crippen molar-refractivity contribution in [1.82, 2.24) is 10.3 Å². The molecule has 1 saturated heterocycles. The zero-order chi connectivity index (χ0) is 15.7. The van der Waals surface area contributed by atoms with Crippen LogP contribution < -0.4 is 15.0 Å². The summed E-state index contributed by atoms with van der Waals surface area (Å²) in [5.74, 6) is 0.491. The third-order valence-corrected chi connectivity index (χ3v) is 3.74. The zero-order valence-corrected chi connectivity index (χ0v) is 12.1. The van der Waals surface area contributed by atoms with Crippen LogP contribution in [-0.2, 0) is 6.18 Å². The molecule has 3 rings (SSSR count). The standard InChI is InChI=1S/C15H16F3N3O/c1-22-10-2-3-11-12(8-10)20-14(15(16,17)18)9-13(11)21-6-4-19-5-7-21/h2-3,8-9,19H,4-7H2,1H3. The molecular weight excluding hydrogens is 295 g/mol. The number of hydrogen-bond donors (Lipinski definition) is 1. The van der Waals surface area contributed by atoms with E-state index in [2.05, 4.69) is 10.3 Å². The highest BCUT2D eigenvalue weighted by atomic mass is 19.4. The maximum atomic E-state index is 13.1. The van der Waals surface area contributed by atoms with E-state index < -0.39 is 11.9 Å². The fraction of sp³-hybridized carbons (Fsp3) is 0.400. The van der Waals surface area contributed by atoms with E-state index in [-0.39, 0.29) is 0 Å². The van der Waals surface area contributed by atoms with Crippen molar-refractivity contribution in [1.29, 1.82) is 0 Å². The lowest BCUT2D eigenvalue weighted by molar-refractivity contribution is -0.140. The number of anilines is 1. The van der Waals surface area contributed by atoms with Crippen molar-refractivity contribution in [3.05, 3.63) is 30.0 Å². The number of methoxy groups -OCH3 is 1. The topological polar surface area (TPSA) is 37.4 Å². The maximum absolute atomic E-state index is 13.1. The SMILES string of the molecule is COc1ccc2c(N3CCNCC3)cc(C(F)(F)F)nc2c1. The van der Waals surface area contributed by atoms with Gasteiger partial charge in [0.15, 0.2) is 0 Å². The molecule has 1 aromatic heterocycles. The highest BCUT2D eigenvalue weighted by Crippen LogP contribution is 2.35. The molecule has 118 valence electrons. The number of benzene rings is 1. The van der Waals surface area contributed by atoms with Crippen molar-refractivity contribution in [2.75, 3.05) is 38.2 Å². The number of pyridine rings is 1. The van der Waals surface area contributed by atoms with Crippen molar-refractivity contribution in [2.24, 2.45) is 0 Å². The Bertz CT molecular complexity index is 682. The van der Waals surface area contributed by atoms with E-state index in [0.717, 1.165) is 19.2 Å². The zero-order valence-electron chi connectivity index (χ0n) is 12.1. The molecule has 0 unspecified atom stereocenters. The van der Waals surface area contributed by atoms with Gasteiger partial charge in [0.05, 0.1) is 12.6 Å². The summed E-state index contributed by atoms with van der Waals surface area (Å²) in [6, 6.07) is 6.18. The molecule has 22 heavy (non-hydrogen) atoms. The Kier molecular flexibility index (Phi) is 3.82. The van der Waals surface area contributed by atoms with E-state index in [4.69, 9.17) is 4.74 Å². The molecule has 2 aromatic rings. The summed E-state index contributed by atoms with van der Waals surface area (Å²) in [5.41, 5.74) is -0.00836. The molecular formula is C15H16F3N3O. The summed E-state index contributed by atoms with van der Waals surface area (Å²) >= 11 is 0. The second-order valence-electron chi connectivity index (χ2n) is 5.14. The van der Waals surface area contributed by atoms with Crippen molar-refractivity contribution < 1.29 is 17.9 Å². The second kappa shape index (κ2) is 5.64. The van der Waals surface area contributed by atoms with Crippen molar-refractivity contribution in [2.45, 2.75) is 6.18 Å². The number of alkyl halides is 3. The highest BCUT2D eigenvalue weighted by molar-refractivity contribution is 5.93. The number of aromatic nitrogens is 1. The first-order chi connectivity index (χ1) is 10.5. The van der Waals surface area contributed by atoms with Gasteiger partial charge in [-0.15, -0.1) is 0 Å². The molecule has 4 nitrogen and oxygen atoms in total. The fourth-order valence-corrected chi connectivity index (χ4v) is 2.63. The van der Waals surface area contributed by atoms with Crippen molar-refractivity contribution in [3.8, 4) is 5.75 Å². The number of nitrogens with zero attached hydrogens (tertiary/aromatic N) is 2. The van der Waals surface area contributed by atoms with Gasteiger partial charge in [0, 0.05) is 43.3 Å². The lowest BCUT2D eigenvalue weighted by atomic mass is 10.1.